The Hall–Kier alpha value is -3.50. The van der Waals surface area contributed by atoms with Gasteiger partial charge in [-0.25, -0.2) is 8.42 Å². The molecule has 3 aromatic rings. The van der Waals surface area contributed by atoms with E-state index in [2.05, 4.69) is 5.32 Å². The highest BCUT2D eigenvalue weighted by Crippen LogP contribution is 2.28. The first-order valence-corrected chi connectivity index (χ1v) is 15.8. The van der Waals surface area contributed by atoms with E-state index in [-0.39, 0.29) is 17.3 Å². The van der Waals surface area contributed by atoms with Gasteiger partial charge in [-0.05, 0) is 88.0 Å². The zero-order valence-corrected chi connectivity index (χ0v) is 25.2. The Labute approximate surface area is 241 Å². The summed E-state index contributed by atoms with van der Waals surface area (Å²) in [5.41, 5.74) is 2.21. The molecular formula is C30H37N3O5S2. The Morgan fingerprint density at radius 3 is 2.12 bits per heavy atom. The van der Waals surface area contributed by atoms with Crippen LogP contribution in [0.3, 0.4) is 0 Å². The fourth-order valence-electron chi connectivity index (χ4n) is 4.07. The number of carbonyl (C=O) groups is 2. The minimum Gasteiger partial charge on any atom is -0.494 e. The van der Waals surface area contributed by atoms with Crippen LogP contribution in [0.2, 0.25) is 0 Å². The van der Waals surface area contributed by atoms with Crippen molar-refractivity contribution < 1.29 is 22.7 Å². The monoisotopic (exact) mass is 583 g/mol. The van der Waals surface area contributed by atoms with Crippen molar-refractivity contribution in [1.82, 2.24) is 10.2 Å². The molecule has 0 aliphatic rings. The second kappa shape index (κ2) is 14.2. The van der Waals surface area contributed by atoms with Crippen LogP contribution < -0.4 is 14.4 Å². The number of ether oxygens (including phenoxy) is 1. The number of sulfonamides is 1. The van der Waals surface area contributed by atoms with Crippen LogP contribution in [0.25, 0.3) is 0 Å². The van der Waals surface area contributed by atoms with E-state index < -0.39 is 28.5 Å². The lowest BCUT2D eigenvalue weighted by Gasteiger charge is -2.32. The molecule has 10 heteroatoms. The third kappa shape index (κ3) is 7.79. The summed E-state index contributed by atoms with van der Waals surface area (Å²) in [5, 5.41) is 2.77. The zero-order chi connectivity index (χ0) is 29.3. The lowest BCUT2D eigenvalue weighted by atomic mass is 10.1. The number of nitrogens with zero attached hydrogens (tertiary/aromatic N) is 2. The fraction of sp³-hybridized carbons (Fsp3) is 0.333. The summed E-state index contributed by atoms with van der Waals surface area (Å²) in [5.74, 6) is -0.228. The summed E-state index contributed by atoms with van der Waals surface area (Å²) in [6.07, 6.45) is 1.91. The maximum atomic E-state index is 13.9. The highest BCUT2D eigenvalue weighted by Gasteiger charge is 2.32. The van der Waals surface area contributed by atoms with Gasteiger partial charge in [-0.1, -0.05) is 29.8 Å². The van der Waals surface area contributed by atoms with Gasteiger partial charge in [0.05, 0.1) is 17.2 Å². The first-order valence-electron chi connectivity index (χ1n) is 13.1. The second-order valence-electron chi connectivity index (χ2n) is 9.19. The van der Waals surface area contributed by atoms with Gasteiger partial charge in [0.1, 0.15) is 18.3 Å². The van der Waals surface area contributed by atoms with Crippen molar-refractivity contribution in [3.05, 3.63) is 83.9 Å². The number of benzene rings is 3. The zero-order valence-electron chi connectivity index (χ0n) is 23.6. The van der Waals surface area contributed by atoms with Gasteiger partial charge in [0.15, 0.2) is 0 Å². The minimum atomic E-state index is -4.13. The van der Waals surface area contributed by atoms with Crippen molar-refractivity contribution in [2.45, 2.75) is 50.1 Å². The number of carbonyl (C=O) groups excluding carboxylic acids is 2. The summed E-state index contributed by atoms with van der Waals surface area (Å²) in [6.45, 7) is 7.82. The summed E-state index contributed by atoms with van der Waals surface area (Å²) in [6, 6.07) is 20.0. The number of nitrogens with one attached hydrogen (secondary N) is 1. The molecule has 3 rings (SSSR count). The van der Waals surface area contributed by atoms with E-state index in [1.807, 2.05) is 44.4 Å². The largest absolute Gasteiger partial charge is 0.494 e. The maximum absolute atomic E-state index is 13.9. The number of anilines is 1. The predicted molar refractivity (Wildman–Crippen MR) is 160 cm³/mol. The number of hydrogen-bond acceptors (Lipinski definition) is 6. The van der Waals surface area contributed by atoms with Crippen LogP contribution in [0.4, 0.5) is 5.69 Å². The molecule has 40 heavy (non-hydrogen) atoms. The normalized spacial score (nSPS) is 11.9. The van der Waals surface area contributed by atoms with Crippen LogP contribution in [0.15, 0.2) is 82.6 Å². The number of likely N-dealkylation sites (N-methyl/N-ethyl adjacent to an activating group) is 1. The number of hydrogen-bond donors (Lipinski definition) is 1. The van der Waals surface area contributed by atoms with Gasteiger partial charge < -0.3 is 15.0 Å². The Balaban J connectivity index is 2.02. The van der Waals surface area contributed by atoms with E-state index in [1.165, 1.54) is 28.8 Å². The van der Waals surface area contributed by atoms with Crippen LogP contribution in [-0.2, 0) is 26.2 Å². The molecule has 0 saturated carbocycles. The van der Waals surface area contributed by atoms with E-state index in [0.29, 0.717) is 24.6 Å². The standard InChI is InChI=1S/C30H37N3O5S2/c1-6-31-30(35)23(4)32(20-24-10-8-22(3)9-11-24)29(34)21-33(25-12-14-26(15-13-25)38-7-2)40(36,37)28-18-16-27(39-5)17-19-28/h8-19,23H,6-7,20-21H2,1-5H3,(H,31,35). The molecule has 3 aromatic carbocycles. The molecule has 0 aromatic heterocycles. The minimum absolute atomic E-state index is 0.0637. The lowest BCUT2D eigenvalue weighted by Crippen LogP contribution is -2.51. The Bertz CT molecular complexity index is 1380. The third-order valence-corrected chi connectivity index (χ3v) is 8.89. The van der Waals surface area contributed by atoms with Crippen LogP contribution in [0.1, 0.15) is 31.9 Å². The van der Waals surface area contributed by atoms with Gasteiger partial charge in [-0.3, -0.25) is 13.9 Å². The molecule has 0 fully saturated rings. The fourth-order valence-corrected chi connectivity index (χ4v) is 5.90. The Kier molecular flexibility index (Phi) is 11.0. The molecule has 0 aliphatic heterocycles. The van der Waals surface area contributed by atoms with Crippen molar-refractivity contribution in [2.75, 3.05) is 30.3 Å². The average Bonchev–Trinajstić information content (AvgIpc) is 2.96. The van der Waals surface area contributed by atoms with Crippen molar-refractivity contribution in [3.63, 3.8) is 0 Å². The van der Waals surface area contributed by atoms with E-state index in [9.17, 15) is 18.0 Å². The van der Waals surface area contributed by atoms with Crippen molar-refractivity contribution in [2.24, 2.45) is 0 Å². The number of aryl methyl sites for hydroxylation is 1. The van der Waals surface area contributed by atoms with Crippen molar-refractivity contribution in [1.29, 1.82) is 0 Å². The summed E-state index contributed by atoms with van der Waals surface area (Å²) >= 11 is 1.50. The van der Waals surface area contributed by atoms with Gasteiger partial charge >= 0.3 is 0 Å². The highest BCUT2D eigenvalue weighted by atomic mass is 32.2. The van der Waals surface area contributed by atoms with E-state index >= 15 is 0 Å². The number of rotatable bonds is 13. The smallest absolute Gasteiger partial charge is 0.264 e. The molecule has 214 valence electrons. The van der Waals surface area contributed by atoms with E-state index in [4.69, 9.17) is 4.74 Å². The molecule has 0 bridgehead atoms. The molecule has 0 spiro atoms. The van der Waals surface area contributed by atoms with Crippen molar-refractivity contribution in [3.8, 4) is 5.75 Å². The predicted octanol–water partition coefficient (Wildman–Crippen LogP) is 4.86. The van der Waals surface area contributed by atoms with Crippen LogP contribution in [-0.4, -0.2) is 57.1 Å². The van der Waals surface area contributed by atoms with Gasteiger partial charge in [0.25, 0.3) is 10.0 Å². The first-order chi connectivity index (χ1) is 19.1. The Morgan fingerprint density at radius 1 is 0.950 bits per heavy atom. The van der Waals surface area contributed by atoms with Crippen LogP contribution >= 0.6 is 11.8 Å². The lowest BCUT2D eigenvalue weighted by molar-refractivity contribution is -0.139. The van der Waals surface area contributed by atoms with Gasteiger partial charge in [-0.2, -0.15) is 0 Å². The van der Waals surface area contributed by atoms with E-state index in [1.54, 1.807) is 50.2 Å². The van der Waals surface area contributed by atoms with Gasteiger partial charge in [0.2, 0.25) is 11.8 Å². The Morgan fingerprint density at radius 2 is 1.57 bits per heavy atom. The van der Waals surface area contributed by atoms with Crippen molar-refractivity contribution >= 4 is 39.3 Å². The van der Waals surface area contributed by atoms with Crippen LogP contribution in [0.5, 0.6) is 5.75 Å². The molecule has 0 saturated heterocycles. The quantitative estimate of drug-likeness (QED) is 0.289. The number of thioether (sulfide) groups is 1. The molecule has 0 heterocycles. The average molecular weight is 584 g/mol. The van der Waals surface area contributed by atoms with Gasteiger partial charge in [0, 0.05) is 18.0 Å². The SMILES string of the molecule is CCNC(=O)C(C)N(Cc1ccc(C)cc1)C(=O)CN(c1ccc(OCC)cc1)S(=O)(=O)c1ccc(SC)cc1. The second-order valence-corrected chi connectivity index (χ2v) is 11.9. The van der Waals surface area contributed by atoms with Gasteiger partial charge in [-0.15, -0.1) is 11.8 Å². The molecule has 0 radical (unpaired) electrons. The molecule has 8 nitrogen and oxygen atoms in total. The molecule has 1 atom stereocenters. The molecule has 2 amide bonds. The summed E-state index contributed by atoms with van der Waals surface area (Å²) < 4.78 is 34.5. The maximum Gasteiger partial charge on any atom is 0.264 e. The molecule has 0 aliphatic carbocycles. The van der Waals surface area contributed by atoms with E-state index in [0.717, 1.165) is 20.3 Å². The molecule has 1 N–H and O–H groups in total. The summed E-state index contributed by atoms with van der Waals surface area (Å²) in [7, 11) is -4.13. The number of amides is 2. The topological polar surface area (TPSA) is 96.0 Å². The first kappa shape index (κ1) is 31.0. The molecule has 1 unspecified atom stereocenters. The third-order valence-electron chi connectivity index (χ3n) is 6.35. The highest BCUT2D eigenvalue weighted by molar-refractivity contribution is 7.98. The molecular weight excluding hydrogens is 546 g/mol. The van der Waals surface area contributed by atoms with Crippen LogP contribution in [0, 0.1) is 6.92 Å². The summed E-state index contributed by atoms with van der Waals surface area (Å²) in [4.78, 5) is 29.1.